The molecule has 0 spiro atoms. The number of rotatable bonds is 7. The highest BCUT2D eigenvalue weighted by atomic mass is 127. The van der Waals surface area contributed by atoms with Crippen molar-refractivity contribution in [3.8, 4) is 0 Å². The third-order valence-corrected chi connectivity index (χ3v) is 5.75. The van der Waals surface area contributed by atoms with E-state index in [1.165, 1.54) is 0 Å². The highest BCUT2D eigenvalue weighted by Gasteiger charge is 2.58. The largest absolute Gasteiger partial charge is 0.383 e. The van der Waals surface area contributed by atoms with Gasteiger partial charge in [-0.2, -0.15) is 0 Å². The molecule has 1 heterocycles. The van der Waals surface area contributed by atoms with Gasteiger partial charge in [-0.15, -0.1) is 34.2 Å². The van der Waals surface area contributed by atoms with Crippen LogP contribution < -0.4 is 10.6 Å². The van der Waals surface area contributed by atoms with Crippen LogP contribution in [0, 0.1) is 12.3 Å². The van der Waals surface area contributed by atoms with Crippen molar-refractivity contribution in [1.82, 2.24) is 25.4 Å². The van der Waals surface area contributed by atoms with Crippen LogP contribution in [0.5, 0.6) is 0 Å². The van der Waals surface area contributed by atoms with Crippen LogP contribution in [0.3, 0.4) is 0 Å². The van der Waals surface area contributed by atoms with E-state index in [4.69, 9.17) is 9.47 Å². The summed E-state index contributed by atoms with van der Waals surface area (Å²) in [5.74, 6) is 2.47. The lowest BCUT2D eigenvalue weighted by atomic mass is 9.56. The summed E-state index contributed by atoms with van der Waals surface area (Å²) >= 11 is 0. The molecule has 9 heteroatoms. The van der Waals surface area contributed by atoms with Gasteiger partial charge in [0.05, 0.1) is 12.2 Å². The minimum absolute atomic E-state index is 0. The maximum atomic E-state index is 5.71. The molecule has 0 radical (unpaired) electrons. The summed E-state index contributed by atoms with van der Waals surface area (Å²) in [7, 11) is 5.41. The number of methoxy groups -OCH3 is 2. The average Bonchev–Trinajstić information content (AvgIpc) is 2.90. The van der Waals surface area contributed by atoms with Crippen LogP contribution in [0.2, 0.25) is 0 Å². The van der Waals surface area contributed by atoms with Gasteiger partial charge in [0.15, 0.2) is 11.8 Å². The van der Waals surface area contributed by atoms with E-state index in [1.54, 1.807) is 14.2 Å². The Morgan fingerprint density at radius 3 is 2.50 bits per heavy atom. The summed E-state index contributed by atoms with van der Waals surface area (Å²) in [6, 6.07) is 0.285. The first-order valence-corrected chi connectivity index (χ1v) is 8.69. The van der Waals surface area contributed by atoms with E-state index in [0.717, 1.165) is 24.0 Å². The number of nitrogens with one attached hydrogen (secondary N) is 2. The van der Waals surface area contributed by atoms with Crippen molar-refractivity contribution in [3.05, 3.63) is 11.6 Å². The van der Waals surface area contributed by atoms with Crippen molar-refractivity contribution in [3.63, 3.8) is 0 Å². The zero-order valence-electron chi connectivity index (χ0n) is 16.9. The van der Waals surface area contributed by atoms with E-state index in [9.17, 15) is 0 Å². The average molecular weight is 480 g/mol. The molecule has 0 saturated heterocycles. The fraction of sp³-hybridized carbons (Fsp3) is 0.824. The van der Waals surface area contributed by atoms with Crippen molar-refractivity contribution in [2.24, 2.45) is 17.5 Å². The molecule has 0 amide bonds. The van der Waals surface area contributed by atoms with Crippen molar-refractivity contribution in [2.75, 3.05) is 27.4 Å². The second kappa shape index (κ2) is 9.32. The number of hydrogen-bond acceptors (Lipinski definition) is 5. The zero-order chi connectivity index (χ0) is 18.7. The molecule has 0 aromatic carbocycles. The van der Waals surface area contributed by atoms with Gasteiger partial charge in [0, 0.05) is 39.3 Å². The van der Waals surface area contributed by atoms with E-state index in [-0.39, 0.29) is 41.0 Å². The predicted octanol–water partition coefficient (Wildman–Crippen LogP) is 1.63. The number of hydrogen-bond donors (Lipinski definition) is 2. The molecule has 2 rings (SSSR count). The van der Waals surface area contributed by atoms with E-state index in [0.29, 0.717) is 19.7 Å². The Labute approximate surface area is 173 Å². The van der Waals surface area contributed by atoms with Gasteiger partial charge in [0.25, 0.3) is 0 Å². The maximum Gasteiger partial charge on any atom is 0.192 e. The van der Waals surface area contributed by atoms with E-state index in [1.807, 2.05) is 18.5 Å². The SMILES string of the molecule is COCCNC(=NCc1nnc(C)n1C)NC1CC(C)(OC)C1(C)C.I. The molecule has 1 aliphatic carbocycles. The third kappa shape index (κ3) is 4.66. The standard InChI is InChI=1S/C17H32N6O2.HI/c1-12-21-22-14(23(12)5)11-19-15(18-8-9-24-6)20-13-10-17(4,25-7)16(13,2)3;/h13H,8-11H2,1-7H3,(H2,18,19,20);1H. The van der Waals surface area contributed by atoms with Crippen LogP contribution in [-0.4, -0.2) is 59.7 Å². The summed E-state index contributed by atoms with van der Waals surface area (Å²) in [4.78, 5) is 4.68. The first-order chi connectivity index (χ1) is 11.7. The second-order valence-corrected chi connectivity index (χ2v) is 7.36. The van der Waals surface area contributed by atoms with E-state index < -0.39 is 0 Å². The minimum Gasteiger partial charge on any atom is -0.383 e. The lowest BCUT2D eigenvalue weighted by Crippen LogP contribution is -2.69. The van der Waals surface area contributed by atoms with Crippen LogP contribution in [-0.2, 0) is 23.1 Å². The van der Waals surface area contributed by atoms with Gasteiger partial charge in [-0.3, -0.25) is 0 Å². The highest BCUT2D eigenvalue weighted by molar-refractivity contribution is 14.0. The fourth-order valence-corrected chi connectivity index (χ4v) is 3.05. The van der Waals surface area contributed by atoms with Crippen LogP contribution in [0.1, 0.15) is 38.8 Å². The smallest absolute Gasteiger partial charge is 0.192 e. The minimum atomic E-state index is -0.122. The molecule has 1 aromatic heterocycles. The molecule has 8 nitrogen and oxygen atoms in total. The molecule has 0 bridgehead atoms. The van der Waals surface area contributed by atoms with Crippen molar-refractivity contribution in [2.45, 2.75) is 52.3 Å². The molecular weight excluding hydrogens is 447 g/mol. The first-order valence-electron chi connectivity index (χ1n) is 8.69. The summed E-state index contributed by atoms with van der Waals surface area (Å²) < 4.78 is 12.8. The first kappa shape index (κ1) is 23.1. The number of ether oxygens (including phenoxy) is 2. The van der Waals surface area contributed by atoms with Crippen molar-refractivity contribution in [1.29, 1.82) is 0 Å². The Hall–Kier alpha value is -0.940. The van der Waals surface area contributed by atoms with E-state index >= 15 is 0 Å². The quantitative estimate of drug-likeness (QED) is 0.267. The van der Waals surface area contributed by atoms with Crippen LogP contribution in [0.4, 0.5) is 0 Å². The van der Waals surface area contributed by atoms with Gasteiger partial charge >= 0.3 is 0 Å². The van der Waals surface area contributed by atoms with Crippen LogP contribution >= 0.6 is 24.0 Å². The molecule has 150 valence electrons. The number of nitrogens with zero attached hydrogens (tertiary/aromatic N) is 4. The molecule has 2 atom stereocenters. The van der Waals surface area contributed by atoms with Crippen LogP contribution in [0.15, 0.2) is 4.99 Å². The third-order valence-electron chi connectivity index (χ3n) is 5.75. The number of halogens is 1. The summed E-state index contributed by atoms with van der Waals surface area (Å²) in [5, 5.41) is 15.1. The predicted molar refractivity (Wildman–Crippen MR) is 113 cm³/mol. The summed E-state index contributed by atoms with van der Waals surface area (Å²) in [5.41, 5.74) is -0.115. The number of aliphatic imine (C=N–C) groups is 1. The van der Waals surface area contributed by atoms with Gasteiger partial charge in [-0.05, 0) is 20.3 Å². The van der Waals surface area contributed by atoms with Crippen LogP contribution in [0.25, 0.3) is 0 Å². The maximum absolute atomic E-state index is 5.71. The molecular formula is C17H33IN6O2. The summed E-state index contributed by atoms with van der Waals surface area (Å²) in [6.07, 6.45) is 0.935. The molecule has 0 aliphatic heterocycles. The zero-order valence-corrected chi connectivity index (χ0v) is 19.2. The Kier molecular flexibility index (Phi) is 8.28. The Morgan fingerprint density at radius 2 is 2.00 bits per heavy atom. The van der Waals surface area contributed by atoms with Gasteiger partial charge in [-0.25, -0.2) is 4.99 Å². The monoisotopic (exact) mass is 480 g/mol. The molecule has 1 saturated carbocycles. The van der Waals surface area contributed by atoms with Crippen molar-refractivity contribution >= 4 is 29.9 Å². The molecule has 1 aromatic rings. The number of aryl methyl sites for hydroxylation is 1. The van der Waals surface area contributed by atoms with E-state index in [2.05, 4.69) is 46.6 Å². The van der Waals surface area contributed by atoms with Gasteiger partial charge < -0.3 is 24.7 Å². The van der Waals surface area contributed by atoms with Crippen molar-refractivity contribution < 1.29 is 9.47 Å². The molecule has 2 N–H and O–H groups in total. The lowest BCUT2D eigenvalue weighted by molar-refractivity contribution is -0.176. The second-order valence-electron chi connectivity index (χ2n) is 7.36. The fourth-order valence-electron chi connectivity index (χ4n) is 3.05. The summed E-state index contributed by atoms with van der Waals surface area (Å²) in [6.45, 7) is 10.3. The normalized spacial score (nSPS) is 24.6. The number of guanidine groups is 1. The highest BCUT2D eigenvalue weighted by Crippen LogP contribution is 2.51. The molecule has 1 aliphatic rings. The molecule has 2 unspecified atom stereocenters. The molecule has 26 heavy (non-hydrogen) atoms. The topological polar surface area (TPSA) is 85.6 Å². The van der Waals surface area contributed by atoms with Gasteiger partial charge in [-0.1, -0.05) is 13.8 Å². The Balaban J connectivity index is 0.00000338. The number of aromatic nitrogens is 3. The van der Waals surface area contributed by atoms with Gasteiger partial charge in [0.1, 0.15) is 12.4 Å². The van der Waals surface area contributed by atoms with Gasteiger partial charge in [0.2, 0.25) is 0 Å². The Bertz CT molecular complexity index is 618. The Morgan fingerprint density at radius 1 is 1.31 bits per heavy atom. The lowest BCUT2D eigenvalue weighted by Gasteiger charge is -2.59. The molecule has 1 fully saturated rings.